The van der Waals surface area contributed by atoms with E-state index in [0.29, 0.717) is 11.0 Å². The van der Waals surface area contributed by atoms with Crippen molar-refractivity contribution in [3.8, 4) is 0 Å². The van der Waals surface area contributed by atoms with Crippen molar-refractivity contribution in [3.05, 3.63) is 76.6 Å². The van der Waals surface area contributed by atoms with Crippen molar-refractivity contribution >= 4 is 21.0 Å². The average molecular weight is 343 g/mol. The van der Waals surface area contributed by atoms with E-state index >= 15 is 0 Å². The van der Waals surface area contributed by atoms with Crippen molar-refractivity contribution in [2.24, 2.45) is 0 Å². The van der Waals surface area contributed by atoms with E-state index < -0.39 is 15.6 Å². The lowest BCUT2D eigenvalue weighted by Crippen LogP contribution is -2.29. The molecule has 0 fully saturated rings. The summed E-state index contributed by atoms with van der Waals surface area (Å²) in [6, 6.07) is 16.4. The van der Waals surface area contributed by atoms with Gasteiger partial charge >= 0.3 is 5.63 Å². The molecule has 0 aliphatic carbocycles. The highest BCUT2D eigenvalue weighted by Gasteiger charge is 2.26. The Morgan fingerprint density at radius 2 is 1.71 bits per heavy atom. The van der Waals surface area contributed by atoms with E-state index in [4.69, 9.17) is 4.42 Å². The topological polar surface area (TPSA) is 67.6 Å². The van der Waals surface area contributed by atoms with Crippen LogP contribution in [0, 0.1) is 0 Å². The monoisotopic (exact) mass is 343 g/mol. The quantitative estimate of drug-likeness (QED) is 0.682. The minimum atomic E-state index is -3.67. The number of sulfonamides is 1. The summed E-state index contributed by atoms with van der Waals surface area (Å²) in [6.45, 7) is 1.84. The van der Waals surface area contributed by atoms with E-state index in [1.54, 1.807) is 13.1 Å². The molecule has 0 N–H and O–H groups in total. The van der Waals surface area contributed by atoms with E-state index in [1.807, 2.05) is 37.3 Å². The second-order valence-electron chi connectivity index (χ2n) is 5.56. The molecule has 0 saturated carbocycles. The second-order valence-corrected chi connectivity index (χ2v) is 7.56. The van der Waals surface area contributed by atoms with Gasteiger partial charge in [0.2, 0.25) is 10.0 Å². The number of benzene rings is 2. The summed E-state index contributed by atoms with van der Waals surface area (Å²) >= 11 is 0. The number of hydrogen-bond donors (Lipinski definition) is 0. The third-order valence-electron chi connectivity index (χ3n) is 4.10. The van der Waals surface area contributed by atoms with Crippen molar-refractivity contribution in [1.29, 1.82) is 0 Å². The fraction of sp³-hybridized carbons (Fsp3) is 0.167. The molecule has 124 valence electrons. The summed E-state index contributed by atoms with van der Waals surface area (Å²) in [6.07, 6.45) is 0. The lowest BCUT2D eigenvalue weighted by atomic mass is 10.1. The Labute approximate surface area is 140 Å². The van der Waals surface area contributed by atoms with Gasteiger partial charge in [-0.3, -0.25) is 0 Å². The first-order valence-electron chi connectivity index (χ1n) is 7.46. The molecule has 0 spiro atoms. The van der Waals surface area contributed by atoms with Gasteiger partial charge in [0.25, 0.3) is 0 Å². The molecule has 0 aliphatic rings. The third-order valence-corrected chi connectivity index (χ3v) is 6.02. The molecule has 3 aromatic rings. The fourth-order valence-electron chi connectivity index (χ4n) is 2.53. The van der Waals surface area contributed by atoms with Crippen LogP contribution in [0.15, 0.2) is 74.8 Å². The highest BCUT2D eigenvalue weighted by molar-refractivity contribution is 7.89. The first kappa shape index (κ1) is 16.4. The van der Waals surface area contributed by atoms with Crippen LogP contribution in [0.25, 0.3) is 11.0 Å². The predicted octanol–water partition coefficient (Wildman–Crippen LogP) is 3.17. The molecule has 0 saturated heterocycles. The number of hydrogen-bond acceptors (Lipinski definition) is 4. The van der Waals surface area contributed by atoms with Gasteiger partial charge in [-0.1, -0.05) is 30.3 Å². The maximum Gasteiger partial charge on any atom is 0.336 e. The predicted molar refractivity (Wildman–Crippen MR) is 92.3 cm³/mol. The van der Waals surface area contributed by atoms with E-state index in [0.717, 1.165) is 5.56 Å². The summed E-state index contributed by atoms with van der Waals surface area (Å²) in [5.74, 6) is 0. The molecule has 5 nitrogen and oxygen atoms in total. The molecule has 1 aromatic heterocycles. The Morgan fingerprint density at radius 3 is 2.42 bits per heavy atom. The van der Waals surface area contributed by atoms with Crippen molar-refractivity contribution in [2.75, 3.05) is 7.05 Å². The Morgan fingerprint density at radius 1 is 1.00 bits per heavy atom. The Kier molecular flexibility index (Phi) is 4.26. The zero-order valence-electron chi connectivity index (χ0n) is 13.3. The highest BCUT2D eigenvalue weighted by atomic mass is 32.2. The fourth-order valence-corrected chi connectivity index (χ4v) is 3.91. The largest absolute Gasteiger partial charge is 0.423 e. The molecule has 2 aromatic carbocycles. The van der Waals surface area contributed by atoms with Crippen molar-refractivity contribution in [2.45, 2.75) is 17.9 Å². The summed E-state index contributed by atoms with van der Waals surface area (Å²) in [5, 5.41) is 0.566. The lowest BCUT2D eigenvalue weighted by molar-refractivity contribution is 0.398. The maximum atomic E-state index is 12.9. The van der Waals surface area contributed by atoms with Crippen LogP contribution >= 0.6 is 0 Å². The van der Waals surface area contributed by atoms with Crippen LogP contribution in [0.4, 0.5) is 0 Å². The molecular weight excluding hydrogens is 326 g/mol. The Bertz CT molecular complexity index is 1030. The van der Waals surface area contributed by atoms with E-state index in [9.17, 15) is 13.2 Å². The molecule has 0 radical (unpaired) electrons. The molecule has 0 aliphatic heterocycles. The molecule has 0 amide bonds. The van der Waals surface area contributed by atoms with Gasteiger partial charge in [0.05, 0.1) is 4.90 Å². The van der Waals surface area contributed by atoms with Gasteiger partial charge in [-0.2, -0.15) is 4.31 Å². The smallest absolute Gasteiger partial charge is 0.336 e. The zero-order valence-corrected chi connectivity index (χ0v) is 14.2. The summed E-state index contributed by atoms with van der Waals surface area (Å²) in [7, 11) is -2.12. The van der Waals surface area contributed by atoms with Crippen LogP contribution in [0.1, 0.15) is 18.5 Å². The number of nitrogens with zero attached hydrogens (tertiary/aromatic N) is 1. The van der Waals surface area contributed by atoms with Gasteiger partial charge in [0.1, 0.15) is 5.58 Å². The van der Waals surface area contributed by atoms with Gasteiger partial charge < -0.3 is 4.42 Å². The molecule has 1 unspecified atom stereocenters. The van der Waals surface area contributed by atoms with Gasteiger partial charge in [-0.15, -0.1) is 0 Å². The molecular formula is C18H17NO4S. The molecule has 3 rings (SSSR count). The zero-order chi connectivity index (χ0) is 17.3. The summed E-state index contributed by atoms with van der Waals surface area (Å²) in [4.78, 5) is 11.4. The maximum absolute atomic E-state index is 12.9. The van der Waals surface area contributed by atoms with Gasteiger partial charge in [-0.25, -0.2) is 13.2 Å². The minimum absolute atomic E-state index is 0.161. The molecule has 1 heterocycles. The molecule has 0 bridgehead atoms. The van der Waals surface area contributed by atoms with Crippen molar-refractivity contribution in [3.63, 3.8) is 0 Å². The van der Waals surface area contributed by atoms with Crippen LogP contribution in [0.2, 0.25) is 0 Å². The van der Waals surface area contributed by atoms with E-state index in [-0.39, 0.29) is 10.9 Å². The van der Waals surface area contributed by atoms with E-state index in [2.05, 4.69) is 0 Å². The molecule has 6 heteroatoms. The first-order valence-corrected chi connectivity index (χ1v) is 8.90. The van der Waals surface area contributed by atoms with Crippen molar-refractivity contribution < 1.29 is 12.8 Å². The Hall–Kier alpha value is -2.44. The van der Waals surface area contributed by atoms with Gasteiger partial charge in [0, 0.05) is 24.5 Å². The van der Waals surface area contributed by atoms with Crippen molar-refractivity contribution in [1.82, 2.24) is 4.31 Å². The lowest BCUT2D eigenvalue weighted by Gasteiger charge is -2.24. The third kappa shape index (κ3) is 2.98. The van der Waals surface area contributed by atoms with Crippen LogP contribution in [-0.4, -0.2) is 19.8 Å². The highest BCUT2D eigenvalue weighted by Crippen LogP contribution is 2.27. The average Bonchev–Trinajstić information content (AvgIpc) is 2.60. The first-order chi connectivity index (χ1) is 11.4. The van der Waals surface area contributed by atoms with E-state index in [1.165, 1.54) is 28.6 Å². The second kappa shape index (κ2) is 6.22. The normalized spacial score (nSPS) is 13.3. The minimum Gasteiger partial charge on any atom is -0.423 e. The molecule has 24 heavy (non-hydrogen) atoms. The number of rotatable bonds is 4. The standard InChI is InChI=1S/C18H17NO4S/c1-13(14-6-4-3-5-7-14)19(2)24(21,22)16-9-10-17-15(12-16)8-11-18(20)23-17/h3-13H,1-2H3. The SMILES string of the molecule is CC(c1ccccc1)N(C)S(=O)(=O)c1ccc2oc(=O)ccc2c1. The van der Waals surface area contributed by atoms with Gasteiger partial charge in [0.15, 0.2) is 0 Å². The molecule has 1 atom stereocenters. The van der Waals surface area contributed by atoms with Crippen LogP contribution in [0.5, 0.6) is 0 Å². The van der Waals surface area contributed by atoms with Crippen LogP contribution in [-0.2, 0) is 10.0 Å². The summed E-state index contributed by atoms with van der Waals surface area (Å²) < 4.78 is 32.2. The summed E-state index contributed by atoms with van der Waals surface area (Å²) in [5.41, 5.74) is 0.809. The van der Waals surface area contributed by atoms with Crippen LogP contribution < -0.4 is 5.63 Å². The number of fused-ring (bicyclic) bond motifs is 1. The Balaban J connectivity index is 2.00. The van der Waals surface area contributed by atoms with Gasteiger partial charge in [-0.05, 0) is 36.8 Å². The van der Waals surface area contributed by atoms with Crippen LogP contribution in [0.3, 0.4) is 0 Å².